The van der Waals surface area contributed by atoms with Crippen molar-refractivity contribution >= 4 is 22.6 Å². The van der Waals surface area contributed by atoms with Crippen molar-refractivity contribution in [3.63, 3.8) is 0 Å². The molecule has 0 aliphatic carbocycles. The summed E-state index contributed by atoms with van der Waals surface area (Å²) in [6.45, 7) is 2.99. The van der Waals surface area contributed by atoms with Crippen LogP contribution in [0.15, 0.2) is 53.7 Å². The highest BCUT2D eigenvalue weighted by atomic mass is 32.2. The zero-order chi connectivity index (χ0) is 16.7. The first-order valence-electron chi connectivity index (χ1n) is 7.80. The van der Waals surface area contributed by atoms with Gasteiger partial charge in [0.05, 0.1) is 22.2 Å². The number of hydrogen-bond donors (Lipinski definition) is 0. The lowest BCUT2D eigenvalue weighted by Gasteiger charge is -2.27. The number of para-hydroxylation sites is 1. The van der Waals surface area contributed by atoms with Crippen LogP contribution in [-0.4, -0.2) is 31.8 Å². The molecule has 0 spiro atoms. The van der Waals surface area contributed by atoms with Crippen LogP contribution < -0.4 is 0 Å². The average Bonchev–Trinajstić information content (AvgIpc) is 3.11. The third kappa shape index (κ3) is 2.45. The first-order valence-corrected chi connectivity index (χ1v) is 8.68. The largest absolute Gasteiger partial charge is 0.340 e. The van der Waals surface area contributed by atoms with Crippen LogP contribution >= 0.6 is 11.8 Å². The number of benzene rings is 1. The Labute approximate surface area is 143 Å². The van der Waals surface area contributed by atoms with Crippen LogP contribution in [0.3, 0.4) is 0 Å². The van der Waals surface area contributed by atoms with Gasteiger partial charge >= 0.3 is 0 Å². The Kier molecular flexibility index (Phi) is 3.72. The van der Waals surface area contributed by atoms with Crippen molar-refractivity contribution < 1.29 is 4.92 Å². The van der Waals surface area contributed by atoms with Gasteiger partial charge in [0, 0.05) is 24.1 Å². The van der Waals surface area contributed by atoms with Crippen LogP contribution in [0.2, 0.25) is 0 Å². The number of thioether (sulfide) groups is 1. The van der Waals surface area contributed by atoms with E-state index >= 15 is 0 Å². The molecule has 24 heavy (non-hydrogen) atoms. The Morgan fingerprint density at radius 3 is 2.79 bits per heavy atom. The molecule has 2 aromatic rings. The summed E-state index contributed by atoms with van der Waals surface area (Å²) in [7, 11) is 0. The summed E-state index contributed by atoms with van der Waals surface area (Å²) < 4.78 is 0. The zero-order valence-electron chi connectivity index (χ0n) is 13.1. The molecular weight excluding hydrogens is 324 g/mol. The molecule has 0 radical (unpaired) electrons. The number of nitrogens with zero attached hydrogens (tertiary/aromatic N) is 4. The summed E-state index contributed by atoms with van der Waals surface area (Å²) in [5.74, 6) is 0. The molecule has 0 unspecified atom stereocenters. The number of aliphatic imine (C=N–C) groups is 1. The number of amidine groups is 1. The number of nitro groups is 1. The summed E-state index contributed by atoms with van der Waals surface area (Å²) in [5, 5.41) is 12.9. The summed E-state index contributed by atoms with van der Waals surface area (Å²) in [6, 6.07) is 12.3. The predicted molar refractivity (Wildman–Crippen MR) is 94.0 cm³/mol. The van der Waals surface area contributed by atoms with Gasteiger partial charge in [0.2, 0.25) is 0 Å². The number of hydrogen-bond acceptors (Lipinski definition) is 6. The van der Waals surface area contributed by atoms with Gasteiger partial charge in [-0.3, -0.25) is 20.1 Å². The van der Waals surface area contributed by atoms with Gasteiger partial charge in [-0.1, -0.05) is 36.9 Å². The Balaban J connectivity index is 1.83. The molecule has 6 nitrogen and oxygen atoms in total. The minimum absolute atomic E-state index is 0.143. The molecule has 0 N–H and O–H groups in total. The van der Waals surface area contributed by atoms with E-state index in [4.69, 9.17) is 4.99 Å². The second kappa shape index (κ2) is 5.90. The molecule has 122 valence electrons. The summed E-state index contributed by atoms with van der Waals surface area (Å²) >= 11 is 1.73. The molecule has 1 fully saturated rings. The Hall–Kier alpha value is -2.41. The fourth-order valence-electron chi connectivity index (χ4n) is 3.36. The normalized spacial score (nSPS) is 25.5. The highest BCUT2D eigenvalue weighted by Crippen LogP contribution is 2.49. The molecule has 2 aliphatic heterocycles. The van der Waals surface area contributed by atoms with Crippen molar-refractivity contribution in [3.8, 4) is 0 Å². The third-order valence-corrected chi connectivity index (χ3v) is 5.44. The van der Waals surface area contributed by atoms with Gasteiger partial charge < -0.3 is 4.90 Å². The van der Waals surface area contributed by atoms with Crippen molar-refractivity contribution in [2.45, 2.75) is 24.3 Å². The van der Waals surface area contributed by atoms with Crippen molar-refractivity contribution in [2.24, 2.45) is 4.99 Å². The van der Waals surface area contributed by atoms with Gasteiger partial charge in [0.25, 0.3) is 5.69 Å². The summed E-state index contributed by atoms with van der Waals surface area (Å²) in [6.07, 6.45) is 1.74. The maximum Gasteiger partial charge on any atom is 0.274 e. The second-order valence-electron chi connectivity index (χ2n) is 5.95. The number of aromatic nitrogens is 1. The number of pyridine rings is 1. The highest BCUT2D eigenvalue weighted by Gasteiger charge is 2.45. The molecule has 1 saturated heterocycles. The molecule has 0 amide bonds. The molecular formula is C17H16N4O2S. The van der Waals surface area contributed by atoms with Crippen LogP contribution in [0.25, 0.3) is 0 Å². The molecule has 3 atom stereocenters. The first kappa shape index (κ1) is 15.1. The fourth-order valence-corrected chi connectivity index (χ4v) is 4.45. The Bertz CT molecular complexity index is 811. The maximum atomic E-state index is 11.5. The van der Waals surface area contributed by atoms with E-state index < -0.39 is 0 Å². The van der Waals surface area contributed by atoms with E-state index in [0.717, 1.165) is 17.4 Å². The van der Waals surface area contributed by atoms with Crippen LogP contribution in [-0.2, 0) is 0 Å². The molecule has 4 rings (SSSR count). The maximum absolute atomic E-state index is 11.5. The molecule has 3 heterocycles. The predicted octanol–water partition coefficient (Wildman–Crippen LogP) is 3.58. The van der Waals surface area contributed by atoms with E-state index in [-0.39, 0.29) is 22.7 Å². The Morgan fingerprint density at radius 2 is 2.04 bits per heavy atom. The van der Waals surface area contributed by atoms with Gasteiger partial charge in [0.1, 0.15) is 6.04 Å². The summed E-state index contributed by atoms with van der Waals surface area (Å²) in [4.78, 5) is 22.7. The van der Waals surface area contributed by atoms with Crippen LogP contribution in [0.1, 0.15) is 30.3 Å². The highest BCUT2D eigenvalue weighted by molar-refractivity contribution is 8.14. The quantitative estimate of drug-likeness (QED) is 0.631. The minimum atomic E-state index is -0.310. The average molecular weight is 340 g/mol. The van der Waals surface area contributed by atoms with Crippen molar-refractivity contribution in [2.75, 3.05) is 6.54 Å². The van der Waals surface area contributed by atoms with E-state index in [0.29, 0.717) is 10.8 Å². The zero-order valence-corrected chi connectivity index (χ0v) is 13.9. The van der Waals surface area contributed by atoms with Crippen molar-refractivity contribution in [3.05, 3.63) is 70.0 Å². The molecule has 1 aromatic heterocycles. The lowest BCUT2D eigenvalue weighted by atomic mass is 9.95. The minimum Gasteiger partial charge on any atom is -0.340 e. The SMILES string of the molecule is C[C@@H]1CN2C(=N[C@@H](c3ccccn3)[C@H]2c2ccccc2[N+](=O)[O-])S1. The van der Waals surface area contributed by atoms with Crippen LogP contribution in [0.4, 0.5) is 5.69 Å². The van der Waals surface area contributed by atoms with E-state index in [1.807, 2.05) is 30.3 Å². The molecule has 0 saturated carbocycles. The Morgan fingerprint density at radius 1 is 1.25 bits per heavy atom. The van der Waals surface area contributed by atoms with Gasteiger partial charge in [-0.05, 0) is 18.2 Å². The van der Waals surface area contributed by atoms with Gasteiger partial charge in [-0.2, -0.15) is 0 Å². The standard InChI is InChI=1S/C17H16N4O2S/c1-11-10-20-16(12-6-2-3-8-14(12)21(22)23)15(19-17(20)24-11)13-7-4-5-9-18-13/h2-9,11,15-16H,10H2,1H3/t11-,15+,16-/m1/s1. The van der Waals surface area contributed by atoms with Crippen molar-refractivity contribution in [1.29, 1.82) is 0 Å². The van der Waals surface area contributed by atoms with E-state index in [1.54, 1.807) is 30.1 Å². The summed E-state index contributed by atoms with van der Waals surface area (Å²) in [5.41, 5.74) is 1.69. The molecule has 0 bridgehead atoms. The van der Waals surface area contributed by atoms with Gasteiger partial charge in [-0.15, -0.1) is 0 Å². The second-order valence-corrected chi connectivity index (χ2v) is 7.36. The van der Waals surface area contributed by atoms with Gasteiger partial charge in [-0.25, -0.2) is 0 Å². The fraction of sp³-hybridized carbons (Fsp3) is 0.294. The first-order chi connectivity index (χ1) is 11.6. The van der Waals surface area contributed by atoms with Crippen molar-refractivity contribution in [1.82, 2.24) is 9.88 Å². The molecule has 2 aliphatic rings. The van der Waals surface area contributed by atoms with E-state index in [2.05, 4.69) is 16.8 Å². The molecule has 7 heteroatoms. The third-order valence-electron chi connectivity index (χ3n) is 4.33. The lowest BCUT2D eigenvalue weighted by molar-refractivity contribution is -0.386. The smallest absolute Gasteiger partial charge is 0.274 e. The monoisotopic (exact) mass is 340 g/mol. The van der Waals surface area contributed by atoms with Crippen LogP contribution in [0.5, 0.6) is 0 Å². The lowest BCUT2D eigenvalue weighted by Crippen LogP contribution is -2.29. The van der Waals surface area contributed by atoms with Crippen LogP contribution in [0, 0.1) is 10.1 Å². The number of nitro benzene ring substituents is 1. The molecule has 1 aromatic carbocycles. The number of rotatable bonds is 3. The topological polar surface area (TPSA) is 71.6 Å². The number of fused-ring (bicyclic) bond motifs is 1. The van der Waals surface area contributed by atoms with E-state index in [1.165, 1.54) is 0 Å². The van der Waals surface area contributed by atoms with Gasteiger partial charge in [0.15, 0.2) is 5.17 Å². The van der Waals surface area contributed by atoms with E-state index in [9.17, 15) is 10.1 Å².